The lowest BCUT2D eigenvalue weighted by atomic mass is 9.69. The molecule has 2 aromatic carbocycles. The molecule has 1 saturated heterocycles. The topological polar surface area (TPSA) is 29.1 Å². The number of carbonyl (C=O) groups is 1. The van der Waals surface area contributed by atoms with E-state index in [-0.39, 0.29) is 29.1 Å². The van der Waals surface area contributed by atoms with Gasteiger partial charge in [-0.3, -0.25) is 4.79 Å². The van der Waals surface area contributed by atoms with E-state index in [9.17, 15) is 9.18 Å². The molecule has 114 valence electrons. The first kappa shape index (κ1) is 14.8. The van der Waals surface area contributed by atoms with Crippen LogP contribution in [0.5, 0.6) is 0 Å². The van der Waals surface area contributed by atoms with E-state index in [1.807, 2.05) is 30.3 Å². The summed E-state index contributed by atoms with van der Waals surface area (Å²) in [4.78, 5) is 12.5. The van der Waals surface area contributed by atoms with E-state index in [2.05, 4.69) is 19.2 Å². The molecule has 1 aliphatic rings. The number of piperidine rings is 1. The van der Waals surface area contributed by atoms with Gasteiger partial charge in [-0.2, -0.15) is 0 Å². The molecule has 2 aromatic rings. The molecule has 0 radical (unpaired) electrons. The zero-order valence-corrected chi connectivity index (χ0v) is 12.8. The molecular weight excluding hydrogens is 277 g/mol. The smallest absolute Gasteiger partial charge is 0.228 e. The standard InChI is InChI=1S/C19H20FNO/c1-19(2)12-16(13-6-4-3-5-7-13)18(22)21-17(19)14-8-10-15(20)11-9-14/h3-11,16-17H,12H2,1-2H3,(H,21,22)/t16-,17+/m1/s1. The lowest BCUT2D eigenvalue weighted by Gasteiger charge is -2.43. The molecule has 3 heteroatoms. The Labute approximate surface area is 130 Å². The fourth-order valence-electron chi connectivity index (χ4n) is 3.32. The molecule has 1 heterocycles. The van der Waals surface area contributed by atoms with E-state index < -0.39 is 0 Å². The summed E-state index contributed by atoms with van der Waals surface area (Å²) in [5.74, 6) is -0.349. The van der Waals surface area contributed by atoms with Gasteiger partial charge >= 0.3 is 0 Å². The molecule has 0 aromatic heterocycles. The fraction of sp³-hybridized carbons (Fsp3) is 0.316. The maximum atomic E-state index is 13.1. The van der Waals surface area contributed by atoms with Crippen LogP contribution in [0, 0.1) is 11.2 Å². The van der Waals surface area contributed by atoms with Crippen molar-refractivity contribution in [2.75, 3.05) is 0 Å². The van der Waals surface area contributed by atoms with Crippen LogP contribution in [0.4, 0.5) is 4.39 Å². The van der Waals surface area contributed by atoms with E-state index in [1.165, 1.54) is 12.1 Å². The summed E-state index contributed by atoms with van der Waals surface area (Å²) in [7, 11) is 0. The van der Waals surface area contributed by atoms with Crippen molar-refractivity contribution in [2.24, 2.45) is 5.41 Å². The van der Waals surface area contributed by atoms with Crippen LogP contribution in [0.1, 0.15) is 43.4 Å². The van der Waals surface area contributed by atoms with Crippen molar-refractivity contribution in [3.8, 4) is 0 Å². The van der Waals surface area contributed by atoms with Crippen LogP contribution in [0.25, 0.3) is 0 Å². The molecule has 0 unspecified atom stereocenters. The number of amides is 1. The quantitative estimate of drug-likeness (QED) is 0.884. The Kier molecular flexibility index (Phi) is 3.73. The number of nitrogens with one attached hydrogen (secondary N) is 1. The second-order valence-corrected chi connectivity index (χ2v) is 6.65. The van der Waals surface area contributed by atoms with Gasteiger partial charge in [0.05, 0.1) is 12.0 Å². The second-order valence-electron chi connectivity index (χ2n) is 6.65. The molecule has 0 saturated carbocycles. The maximum absolute atomic E-state index is 13.1. The number of benzene rings is 2. The molecule has 2 nitrogen and oxygen atoms in total. The van der Waals surface area contributed by atoms with E-state index in [4.69, 9.17) is 0 Å². The zero-order chi connectivity index (χ0) is 15.7. The third-order valence-electron chi connectivity index (χ3n) is 4.52. The molecule has 1 amide bonds. The predicted octanol–water partition coefficient (Wildman–Crippen LogP) is 4.20. The number of halogens is 1. The molecular formula is C19H20FNO. The normalized spacial score (nSPS) is 23.9. The van der Waals surface area contributed by atoms with Gasteiger partial charge < -0.3 is 5.32 Å². The largest absolute Gasteiger partial charge is 0.348 e. The summed E-state index contributed by atoms with van der Waals surface area (Å²) in [6, 6.07) is 16.2. The highest BCUT2D eigenvalue weighted by Crippen LogP contribution is 2.45. The third kappa shape index (κ3) is 2.76. The summed E-state index contributed by atoms with van der Waals surface area (Å²) in [5.41, 5.74) is 1.89. The van der Waals surface area contributed by atoms with Gasteiger partial charge in [0.25, 0.3) is 0 Å². The minimum absolute atomic E-state index is 0.0415. The monoisotopic (exact) mass is 297 g/mol. The van der Waals surface area contributed by atoms with Crippen LogP contribution in [-0.2, 0) is 4.79 Å². The summed E-state index contributed by atoms with van der Waals surface area (Å²) in [6.45, 7) is 4.30. The minimum Gasteiger partial charge on any atom is -0.348 e. The van der Waals surface area contributed by atoms with Gasteiger partial charge in [-0.05, 0) is 35.1 Å². The Balaban J connectivity index is 1.89. The van der Waals surface area contributed by atoms with E-state index in [0.29, 0.717) is 0 Å². The van der Waals surface area contributed by atoms with Crippen molar-refractivity contribution in [1.29, 1.82) is 0 Å². The molecule has 22 heavy (non-hydrogen) atoms. The average Bonchev–Trinajstić information content (AvgIpc) is 2.51. The maximum Gasteiger partial charge on any atom is 0.228 e. The Morgan fingerprint density at radius 1 is 1.00 bits per heavy atom. The summed E-state index contributed by atoms with van der Waals surface area (Å²) in [5, 5.41) is 3.13. The van der Waals surface area contributed by atoms with Crippen molar-refractivity contribution in [3.05, 3.63) is 71.5 Å². The average molecular weight is 297 g/mol. The highest BCUT2D eigenvalue weighted by atomic mass is 19.1. The van der Waals surface area contributed by atoms with Crippen LogP contribution in [0.15, 0.2) is 54.6 Å². The fourth-order valence-corrected chi connectivity index (χ4v) is 3.32. The SMILES string of the molecule is CC1(C)C[C@H](c2ccccc2)C(=O)N[C@H]1c1ccc(F)cc1. The van der Waals surface area contributed by atoms with E-state index in [0.717, 1.165) is 17.5 Å². The minimum atomic E-state index is -0.258. The van der Waals surface area contributed by atoms with Crippen molar-refractivity contribution in [1.82, 2.24) is 5.32 Å². The van der Waals surface area contributed by atoms with Gasteiger partial charge in [0.15, 0.2) is 0 Å². The van der Waals surface area contributed by atoms with Gasteiger partial charge in [-0.15, -0.1) is 0 Å². The highest BCUT2D eigenvalue weighted by Gasteiger charge is 2.42. The van der Waals surface area contributed by atoms with Crippen LogP contribution >= 0.6 is 0 Å². The highest BCUT2D eigenvalue weighted by molar-refractivity contribution is 5.85. The van der Waals surface area contributed by atoms with Gasteiger partial charge in [0.2, 0.25) is 5.91 Å². The number of hydrogen-bond donors (Lipinski definition) is 1. The lowest BCUT2D eigenvalue weighted by Crippen LogP contribution is -2.47. The number of rotatable bonds is 2. The number of carbonyl (C=O) groups excluding carboxylic acids is 1. The van der Waals surface area contributed by atoms with Crippen LogP contribution in [0.3, 0.4) is 0 Å². The Hall–Kier alpha value is -2.16. The first-order chi connectivity index (χ1) is 10.5. The first-order valence-electron chi connectivity index (χ1n) is 7.58. The molecule has 2 atom stereocenters. The van der Waals surface area contributed by atoms with Gasteiger partial charge in [0.1, 0.15) is 5.82 Å². The third-order valence-corrected chi connectivity index (χ3v) is 4.52. The predicted molar refractivity (Wildman–Crippen MR) is 84.9 cm³/mol. The van der Waals surface area contributed by atoms with Crippen molar-refractivity contribution in [3.63, 3.8) is 0 Å². The van der Waals surface area contributed by atoms with Gasteiger partial charge in [0, 0.05) is 0 Å². The molecule has 0 bridgehead atoms. The summed E-state index contributed by atoms with van der Waals surface area (Å²) < 4.78 is 13.1. The molecule has 1 N–H and O–H groups in total. The first-order valence-corrected chi connectivity index (χ1v) is 7.58. The summed E-state index contributed by atoms with van der Waals surface area (Å²) >= 11 is 0. The van der Waals surface area contributed by atoms with E-state index in [1.54, 1.807) is 12.1 Å². The Morgan fingerprint density at radius 3 is 2.27 bits per heavy atom. The second kappa shape index (κ2) is 5.56. The van der Waals surface area contributed by atoms with Crippen LogP contribution in [0.2, 0.25) is 0 Å². The lowest BCUT2D eigenvalue weighted by molar-refractivity contribution is -0.128. The summed E-state index contributed by atoms with van der Waals surface area (Å²) in [6.07, 6.45) is 0.769. The molecule has 0 aliphatic carbocycles. The molecule has 1 fully saturated rings. The van der Waals surface area contributed by atoms with Crippen LogP contribution < -0.4 is 5.32 Å². The van der Waals surface area contributed by atoms with Gasteiger partial charge in [-0.25, -0.2) is 4.39 Å². The Morgan fingerprint density at radius 2 is 1.64 bits per heavy atom. The molecule has 1 aliphatic heterocycles. The number of hydrogen-bond acceptors (Lipinski definition) is 1. The molecule has 0 spiro atoms. The molecule has 3 rings (SSSR count). The van der Waals surface area contributed by atoms with Crippen molar-refractivity contribution < 1.29 is 9.18 Å². The zero-order valence-electron chi connectivity index (χ0n) is 12.8. The van der Waals surface area contributed by atoms with Gasteiger partial charge in [-0.1, -0.05) is 56.3 Å². The van der Waals surface area contributed by atoms with Crippen molar-refractivity contribution in [2.45, 2.75) is 32.2 Å². The van der Waals surface area contributed by atoms with Crippen LogP contribution in [-0.4, -0.2) is 5.91 Å². The Bertz CT molecular complexity index is 664. The van der Waals surface area contributed by atoms with Crippen molar-refractivity contribution >= 4 is 5.91 Å². The van der Waals surface area contributed by atoms with E-state index >= 15 is 0 Å².